The number of hydrogen-bond acceptors (Lipinski definition) is 4. The molecular formula is C25H33NO4. The van der Waals surface area contributed by atoms with Gasteiger partial charge in [0.2, 0.25) is 0 Å². The van der Waals surface area contributed by atoms with Crippen molar-refractivity contribution in [1.29, 1.82) is 0 Å². The van der Waals surface area contributed by atoms with Crippen LogP contribution >= 0.6 is 0 Å². The number of hydrogen-bond donors (Lipinski definition) is 1. The van der Waals surface area contributed by atoms with E-state index >= 15 is 0 Å². The molecule has 0 aliphatic carbocycles. The van der Waals surface area contributed by atoms with Crippen LogP contribution in [-0.2, 0) is 19.7 Å². The summed E-state index contributed by atoms with van der Waals surface area (Å²) in [5.74, 6) is -0.185. The Kier molecular flexibility index (Phi) is 7.65. The highest BCUT2D eigenvalue weighted by atomic mass is 16.6. The maximum atomic E-state index is 12.3. The second-order valence-corrected chi connectivity index (χ2v) is 8.91. The molecule has 30 heavy (non-hydrogen) atoms. The van der Waals surface area contributed by atoms with Gasteiger partial charge in [-0.3, -0.25) is 10.1 Å². The monoisotopic (exact) mass is 411 g/mol. The molecule has 0 radical (unpaired) electrons. The van der Waals surface area contributed by atoms with Gasteiger partial charge in [-0.25, -0.2) is 4.79 Å². The molecule has 0 saturated heterocycles. The zero-order valence-electron chi connectivity index (χ0n) is 18.9. The van der Waals surface area contributed by atoms with Crippen molar-refractivity contribution in [2.24, 2.45) is 0 Å². The number of para-hydroxylation sites is 1. The van der Waals surface area contributed by atoms with Gasteiger partial charge in [0.05, 0.1) is 12.3 Å². The molecule has 2 rings (SSSR count). The van der Waals surface area contributed by atoms with E-state index in [1.807, 2.05) is 70.2 Å². The number of rotatable bonds is 7. The van der Waals surface area contributed by atoms with Gasteiger partial charge in [-0.2, -0.15) is 0 Å². The number of anilines is 1. The van der Waals surface area contributed by atoms with Crippen LogP contribution in [0, 0.1) is 0 Å². The largest absolute Gasteiger partial charge is 0.466 e. The lowest BCUT2D eigenvalue weighted by Gasteiger charge is -2.28. The van der Waals surface area contributed by atoms with E-state index in [-0.39, 0.29) is 11.4 Å². The Morgan fingerprint density at radius 3 is 2.13 bits per heavy atom. The van der Waals surface area contributed by atoms with Gasteiger partial charge in [0, 0.05) is 12.0 Å². The number of carbonyl (C=O) groups is 2. The fourth-order valence-electron chi connectivity index (χ4n) is 3.33. The molecule has 162 valence electrons. The number of ether oxygens (including phenoxy) is 2. The lowest BCUT2D eigenvalue weighted by Crippen LogP contribution is -2.27. The Balaban J connectivity index is 2.35. The molecule has 2 aromatic rings. The molecule has 0 atom stereocenters. The van der Waals surface area contributed by atoms with Crippen molar-refractivity contribution in [3.63, 3.8) is 0 Å². The molecule has 0 fully saturated rings. The van der Waals surface area contributed by atoms with Crippen molar-refractivity contribution in [2.75, 3.05) is 11.9 Å². The molecular weight excluding hydrogens is 378 g/mol. The van der Waals surface area contributed by atoms with Crippen molar-refractivity contribution in [1.82, 2.24) is 0 Å². The van der Waals surface area contributed by atoms with Crippen LogP contribution in [0.1, 0.15) is 59.9 Å². The van der Waals surface area contributed by atoms with Crippen LogP contribution in [-0.4, -0.2) is 24.3 Å². The normalized spacial score (nSPS) is 11.7. The van der Waals surface area contributed by atoms with Crippen LogP contribution in [0.5, 0.6) is 0 Å². The molecule has 0 saturated carbocycles. The second-order valence-electron chi connectivity index (χ2n) is 8.91. The third-order valence-corrected chi connectivity index (χ3v) is 4.77. The minimum absolute atomic E-state index is 0.185. The van der Waals surface area contributed by atoms with E-state index < -0.39 is 11.7 Å². The topological polar surface area (TPSA) is 64.6 Å². The van der Waals surface area contributed by atoms with Crippen molar-refractivity contribution in [3.05, 3.63) is 54.1 Å². The summed E-state index contributed by atoms with van der Waals surface area (Å²) in [5.41, 5.74) is 2.86. The van der Waals surface area contributed by atoms with Crippen LogP contribution in [0.25, 0.3) is 11.1 Å². The molecule has 0 heterocycles. The quantitative estimate of drug-likeness (QED) is 0.541. The van der Waals surface area contributed by atoms with Crippen LogP contribution in [0.2, 0.25) is 0 Å². The van der Waals surface area contributed by atoms with Crippen LogP contribution in [0.3, 0.4) is 0 Å². The van der Waals surface area contributed by atoms with Gasteiger partial charge in [-0.15, -0.1) is 0 Å². The zero-order valence-corrected chi connectivity index (χ0v) is 18.9. The summed E-state index contributed by atoms with van der Waals surface area (Å²) in [6, 6.07) is 15.7. The Labute approximate surface area is 179 Å². The predicted molar refractivity (Wildman–Crippen MR) is 121 cm³/mol. The number of nitrogens with one attached hydrogen (secondary N) is 1. The molecule has 5 heteroatoms. The standard InChI is InChI=1S/C25H33NO4/c1-7-29-22(27)16-17-25(5,6)20-14-10-8-12-18(20)19-13-9-11-15-21(19)26-23(28)30-24(2,3)4/h8-15H,7,16-17H2,1-6H3,(H,26,28). The molecule has 1 amide bonds. The smallest absolute Gasteiger partial charge is 0.412 e. The fraction of sp³-hybridized carbons (Fsp3) is 0.440. The number of benzene rings is 2. The van der Waals surface area contributed by atoms with Gasteiger partial charge in [-0.05, 0) is 56.7 Å². The van der Waals surface area contributed by atoms with Crippen molar-refractivity contribution in [3.8, 4) is 11.1 Å². The summed E-state index contributed by atoms with van der Waals surface area (Å²) in [4.78, 5) is 24.2. The van der Waals surface area contributed by atoms with Crippen molar-refractivity contribution in [2.45, 2.75) is 65.4 Å². The van der Waals surface area contributed by atoms with E-state index in [4.69, 9.17) is 9.47 Å². The van der Waals surface area contributed by atoms with Gasteiger partial charge in [0.15, 0.2) is 0 Å². The van der Waals surface area contributed by atoms with E-state index in [9.17, 15) is 9.59 Å². The summed E-state index contributed by atoms with van der Waals surface area (Å²) in [6.45, 7) is 11.9. The van der Waals surface area contributed by atoms with Gasteiger partial charge < -0.3 is 9.47 Å². The minimum Gasteiger partial charge on any atom is -0.466 e. The molecule has 0 bridgehead atoms. The van der Waals surface area contributed by atoms with E-state index in [2.05, 4.69) is 25.2 Å². The van der Waals surface area contributed by atoms with Crippen molar-refractivity contribution < 1.29 is 19.1 Å². The molecule has 0 spiro atoms. The fourth-order valence-corrected chi connectivity index (χ4v) is 3.33. The van der Waals surface area contributed by atoms with E-state index in [1.165, 1.54) is 0 Å². The Bertz CT molecular complexity index is 881. The van der Waals surface area contributed by atoms with Gasteiger partial charge in [0.1, 0.15) is 5.60 Å². The number of esters is 1. The number of amides is 1. The Hall–Kier alpha value is -2.82. The number of carbonyl (C=O) groups excluding carboxylic acids is 2. The van der Waals surface area contributed by atoms with Gasteiger partial charge >= 0.3 is 12.1 Å². The first-order valence-corrected chi connectivity index (χ1v) is 10.4. The molecule has 0 aliphatic rings. The SMILES string of the molecule is CCOC(=O)CCC(C)(C)c1ccccc1-c1ccccc1NC(=O)OC(C)(C)C. The minimum atomic E-state index is -0.577. The van der Waals surface area contributed by atoms with Crippen LogP contribution in [0.4, 0.5) is 10.5 Å². The third-order valence-electron chi connectivity index (χ3n) is 4.77. The Morgan fingerprint density at radius 2 is 1.50 bits per heavy atom. The van der Waals surface area contributed by atoms with E-state index in [0.717, 1.165) is 16.7 Å². The first kappa shape index (κ1) is 23.5. The molecule has 1 N–H and O–H groups in total. The lowest BCUT2D eigenvalue weighted by molar-refractivity contribution is -0.143. The van der Waals surface area contributed by atoms with E-state index in [1.54, 1.807) is 0 Å². The maximum absolute atomic E-state index is 12.3. The first-order chi connectivity index (χ1) is 14.0. The summed E-state index contributed by atoms with van der Waals surface area (Å²) in [7, 11) is 0. The van der Waals surface area contributed by atoms with Crippen LogP contribution < -0.4 is 5.32 Å². The highest BCUT2D eigenvalue weighted by Gasteiger charge is 2.26. The average Bonchev–Trinajstić information content (AvgIpc) is 2.66. The Morgan fingerprint density at radius 1 is 0.900 bits per heavy atom. The van der Waals surface area contributed by atoms with Gasteiger partial charge in [-0.1, -0.05) is 56.3 Å². The summed E-state index contributed by atoms with van der Waals surface area (Å²) >= 11 is 0. The summed E-state index contributed by atoms with van der Waals surface area (Å²) in [6.07, 6.45) is 0.520. The molecule has 5 nitrogen and oxygen atoms in total. The van der Waals surface area contributed by atoms with E-state index in [0.29, 0.717) is 25.1 Å². The average molecular weight is 412 g/mol. The maximum Gasteiger partial charge on any atom is 0.412 e. The highest BCUT2D eigenvalue weighted by molar-refractivity contribution is 5.92. The summed E-state index contributed by atoms with van der Waals surface area (Å²) < 4.78 is 10.5. The van der Waals surface area contributed by atoms with Gasteiger partial charge in [0.25, 0.3) is 0 Å². The molecule has 2 aromatic carbocycles. The van der Waals surface area contributed by atoms with Crippen molar-refractivity contribution >= 4 is 17.7 Å². The molecule has 0 aliphatic heterocycles. The second kappa shape index (κ2) is 9.79. The molecule has 0 aromatic heterocycles. The first-order valence-electron chi connectivity index (χ1n) is 10.4. The zero-order chi connectivity index (χ0) is 22.4. The summed E-state index contributed by atoms with van der Waals surface area (Å²) in [5, 5.41) is 2.88. The third kappa shape index (κ3) is 6.61. The highest BCUT2D eigenvalue weighted by Crippen LogP contribution is 2.39. The molecule has 0 unspecified atom stereocenters. The lowest BCUT2D eigenvalue weighted by atomic mass is 9.77. The van der Waals surface area contributed by atoms with Crippen LogP contribution in [0.15, 0.2) is 48.5 Å². The predicted octanol–water partition coefficient (Wildman–Crippen LogP) is 6.32.